The van der Waals surface area contributed by atoms with E-state index in [1.807, 2.05) is 0 Å². The van der Waals surface area contributed by atoms with Gasteiger partial charge in [0.25, 0.3) is 6.71 Å². The summed E-state index contributed by atoms with van der Waals surface area (Å²) in [5, 5.41) is 0. The lowest BCUT2D eigenvalue weighted by atomic mass is 9.28. The van der Waals surface area contributed by atoms with Crippen LogP contribution in [0.4, 0.5) is 17.1 Å². The average Bonchev–Trinajstić information content (AvgIpc) is 3.53. The van der Waals surface area contributed by atoms with E-state index in [2.05, 4.69) is 189 Å². The standard InChI is InChI=1S/C58H79BN2O/c1-34-27-38(55(9,10)11)28-35(2)50(34)61-45-24-21-37(54(6,7)8)29-44(45)59-49-46(30-39(31-47(49)61)56(12,13)14)60(40-22-19-36(20-23-40)53(3,4)5)51-41-32-42-43(33-48(41)62-52(51)59)58(17,18)26-25-57(42,15)16/h19-20,22-23,27-30,32,43,46-47,49H,21,24-26,31,33H2,1-18H3/t43?,46?,47?,49-/m0/s1. The van der Waals surface area contributed by atoms with Crippen molar-refractivity contribution in [3.8, 4) is 0 Å². The van der Waals surface area contributed by atoms with Gasteiger partial charge in [0.1, 0.15) is 5.76 Å². The van der Waals surface area contributed by atoms with Crippen LogP contribution in [-0.2, 0) is 17.3 Å². The number of nitrogens with zero attached hydrogens (tertiary/aromatic N) is 2. The highest BCUT2D eigenvalue weighted by Crippen LogP contribution is 2.61. The van der Waals surface area contributed by atoms with E-state index in [4.69, 9.17) is 4.42 Å². The third-order valence-corrected chi connectivity index (χ3v) is 16.8. The first-order chi connectivity index (χ1) is 28.6. The van der Waals surface area contributed by atoms with Gasteiger partial charge in [-0.25, -0.2) is 0 Å². The number of hydrogen-bond donors (Lipinski definition) is 0. The molecule has 3 unspecified atom stereocenters. The topological polar surface area (TPSA) is 19.6 Å². The minimum atomic E-state index is 0.0254. The zero-order valence-electron chi connectivity index (χ0n) is 42.1. The fraction of sp³-hybridized carbons (Fsp3) is 0.586. The van der Waals surface area contributed by atoms with Gasteiger partial charge in [-0.1, -0.05) is 169 Å². The van der Waals surface area contributed by atoms with Gasteiger partial charge >= 0.3 is 0 Å². The van der Waals surface area contributed by atoms with E-state index in [9.17, 15) is 0 Å². The number of rotatable bonds is 2. The van der Waals surface area contributed by atoms with E-state index in [-0.39, 0.29) is 57.1 Å². The van der Waals surface area contributed by atoms with Crippen LogP contribution in [0.3, 0.4) is 0 Å². The molecule has 0 radical (unpaired) electrons. The molecular weight excluding hydrogens is 751 g/mol. The lowest BCUT2D eigenvalue weighted by Crippen LogP contribution is -2.64. The first-order valence-electron chi connectivity index (χ1n) is 24.4. The zero-order valence-corrected chi connectivity index (χ0v) is 42.1. The van der Waals surface area contributed by atoms with E-state index in [0.717, 1.165) is 25.7 Å². The zero-order chi connectivity index (χ0) is 45.0. The molecule has 0 bridgehead atoms. The van der Waals surface area contributed by atoms with Gasteiger partial charge < -0.3 is 14.2 Å². The number of furan rings is 1. The van der Waals surface area contributed by atoms with Crippen molar-refractivity contribution >= 4 is 35.5 Å². The van der Waals surface area contributed by atoms with E-state index < -0.39 is 0 Å². The summed E-state index contributed by atoms with van der Waals surface area (Å²) < 4.78 is 7.72. The van der Waals surface area contributed by atoms with Crippen molar-refractivity contribution in [1.82, 2.24) is 0 Å². The molecule has 0 spiro atoms. The van der Waals surface area contributed by atoms with Crippen LogP contribution in [0.15, 0.2) is 80.9 Å². The van der Waals surface area contributed by atoms with Crippen molar-refractivity contribution in [3.05, 3.63) is 110 Å². The summed E-state index contributed by atoms with van der Waals surface area (Å²) in [6.07, 6.45) is 14.8. The second-order valence-electron chi connectivity index (χ2n) is 26.2. The maximum absolute atomic E-state index is 7.72. The van der Waals surface area contributed by atoms with Crippen LogP contribution in [0.5, 0.6) is 0 Å². The van der Waals surface area contributed by atoms with Gasteiger partial charge in [0.15, 0.2) is 0 Å². The predicted molar refractivity (Wildman–Crippen MR) is 268 cm³/mol. The Bertz CT molecular complexity index is 2430. The summed E-state index contributed by atoms with van der Waals surface area (Å²) in [5.74, 6) is 1.97. The van der Waals surface area contributed by atoms with Crippen molar-refractivity contribution in [2.75, 3.05) is 9.80 Å². The molecule has 1 saturated carbocycles. The summed E-state index contributed by atoms with van der Waals surface area (Å²) in [6, 6.07) is 15.1. The third kappa shape index (κ3) is 6.88. The number of allylic oxidation sites excluding steroid dienone is 5. The van der Waals surface area contributed by atoms with Gasteiger partial charge in [0, 0.05) is 35.1 Å². The molecular formula is C58H79BN2O. The molecule has 62 heavy (non-hydrogen) atoms. The number of aryl methyl sites for hydroxylation is 2. The third-order valence-electron chi connectivity index (χ3n) is 16.8. The number of anilines is 3. The molecule has 330 valence electrons. The lowest BCUT2D eigenvalue weighted by Gasteiger charge is -2.58. The average molecular weight is 831 g/mol. The molecule has 2 aliphatic heterocycles. The Labute approximate surface area is 377 Å². The van der Waals surface area contributed by atoms with Gasteiger partial charge in [-0.15, -0.1) is 0 Å². The number of fused-ring (bicyclic) bond motifs is 6. The van der Waals surface area contributed by atoms with Crippen LogP contribution < -0.4 is 15.5 Å². The maximum Gasteiger partial charge on any atom is 0.267 e. The molecule has 1 aromatic heterocycles. The Kier molecular flexibility index (Phi) is 9.79. The SMILES string of the molecule is Cc1cc(C(C)(C)C)cc(C)c1N1C2=C(C=C(C(C)(C)C)CC2)B2c3oc4c(c3N(c3ccc(C(C)(C)C)cc3)C3C=C(C(C)(C)C)CC1[C@@H]23)C=C1C(C4)C(C)(C)CCC1(C)C. The van der Waals surface area contributed by atoms with Gasteiger partial charge in [0.2, 0.25) is 0 Å². The quantitative estimate of drug-likeness (QED) is 0.189. The summed E-state index contributed by atoms with van der Waals surface area (Å²) in [6.45, 7) is 43.7. The van der Waals surface area contributed by atoms with Crippen LogP contribution >= 0.6 is 0 Å². The van der Waals surface area contributed by atoms with Gasteiger partial charge in [-0.2, -0.15) is 0 Å². The van der Waals surface area contributed by atoms with Crippen LogP contribution in [-0.4, -0.2) is 18.8 Å². The molecule has 9 rings (SSSR count). The van der Waals surface area contributed by atoms with Gasteiger partial charge in [-0.05, 0) is 131 Å². The summed E-state index contributed by atoms with van der Waals surface area (Å²) >= 11 is 0. The Morgan fingerprint density at radius 1 is 0.661 bits per heavy atom. The Hall–Kier alpha value is -3.66. The Balaban J connectivity index is 1.38. The number of hydrogen-bond acceptors (Lipinski definition) is 3. The fourth-order valence-corrected chi connectivity index (χ4v) is 12.8. The molecule has 3 nitrogen and oxygen atoms in total. The van der Waals surface area contributed by atoms with Crippen LogP contribution in [0, 0.1) is 41.4 Å². The monoisotopic (exact) mass is 831 g/mol. The molecule has 4 heteroatoms. The molecule has 3 aromatic rings. The molecule has 2 aromatic carbocycles. The van der Waals surface area contributed by atoms with Gasteiger partial charge in [-0.3, -0.25) is 0 Å². The van der Waals surface area contributed by atoms with Crippen LogP contribution in [0.2, 0.25) is 5.82 Å². The molecule has 1 fully saturated rings. The highest BCUT2D eigenvalue weighted by molar-refractivity contribution is 6.83. The van der Waals surface area contributed by atoms with Crippen molar-refractivity contribution in [3.63, 3.8) is 0 Å². The van der Waals surface area contributed by atoms with E-state index >= 15 is 0 Å². The van der Waals surface area contributed by atoms with Crippen molar-refractivity contribution in [2.24, 2.45) is 27.6 Å². The molecule has 4 aliphatic carbocycles. The van der Waals surface area contributed by atoms with Crippen molar-refractivity contribution in [1.29, 1.82) is 0 Å². The summed E-state index contributed by atoms with van der Waals surface area (Å²) in [7, 11) is 0. The minimum absolute atomic E-state index is 0.0254. The van der Waals surface area contributed by atoms with Crippen molar-refractivity contribution in [2.45, 2.75) is 192 Å². The maximum atomic E-state index is 7.72. The summed E-state index contributed by atoms with van der Waals surface area (Å²) in [5.41, 5.74) is 20.7. The molecule has 4 atom stereocenters. The highest BCUT2D eigenvalue weighted by atomic mass is 16.3. The molecule has 0 N–H and O–H groups in total. The smallest absolute Gasteiger partial charge is 0.267 e. The summed E-state index contributed by atoms with van der Waals surface area (Å²) in [4.78, 5) is 5.72. The first-order valence-corrected chi connectivity index (χ1v) is 24.4. The van der Waals surface area contributed by atoms with Crippen LogP contribution in [0.25, 0.3) is 6.08 Å². The van der Waals surface area contributed by atoms with Crippen molar-refractivity contribution < 1.29 is 4.42 Å². The predicted octanol–water partition coefficient (Wildman–Crippen LogP) is 15.3. The molecule has 0 saturated heterocycles. The molecule has 3 heterocycles. The van der Waals surface area contributed by atoms with E-state index in [1.54, 1.807) is 16.7 Å². The van der Waals surface area contributed by atoms with Crippen LogP contribution in [0.1, 0.15) is 176 Å². The number of benzene rings is 2. The van der Waals surface area contributed by atoms with E-state index in [1.165, 1.54) is 80.3 Å². The second kappa shape index (κ2) is 13.9. The lowest BCUT2D eigenvalue weighted by molar-refractivity contribution is 0.119. The minimum Gasteiger partial charge on any atom is -0.473 e. The normalized spacial score (nSPS) is 25.6. The molecule has 6 aliphatic rings. The molecule has 0 amide bonds. The Morgan fingerprint density at radius 2 is 1.27 bits per heavy atom. The Morgan fingerprint density at radius 3 is 1.85 bits per heavy atom. The largest absolute Gasteiger partial charge is 0.473 e. The first kappa shape index (κ1) is 43.6. The highest BCUT2D eigenvalue weighted by Gasteiger charge is 2.59. The van der Waals surface area contributed by atoms with Gasteiger partial charge in [0.05, 0.1) is 17.4 Å². The second-order valence-corrected chi connectivity index (χ2v) is 26.2. The fourth-order valence-electron chi connectivity index (χ4n) is 12.8. The van der Waals surface area contributed by atoms with E-state index in [0.29, 0.717) is 5.92 Å².